The molecule has 2 saturated heterocycles. The van der Waals surface area contributed by atoms with Gasteiger partial charge in [-0.2, -0.15) is 0 Å². The van der Waals surface area contributed by atoms with Gasteiger partial charge < -0.3 is 9.64 Å². The number of hydrogen-bond donors (Lipinski definition) is 0. The molecule has 2 aliphatic heterocycles. The molecule has 0 atom stereocenters. The van der Waals surface area contributed by atoms with E-state index >= 15 is 0 Å². The third-order valence-electron chi connectivity index (χ3n) is 3.35. The number of likely N-dealkylation sites (tertiary alicyclic amines) is 1. The summed E-state index contributed by atoms with van der Waals surface area (Å²) in [5.41, 5.74) is 1.68. The maximum atomic E-state index is 5.47. The molecule has 0 aromatic rings. The van der Waals surface area contributed by atoms with E-state index in [0.29, 0.717) is 5.41 Å². The van der Waals surface area contributed by atoms with Crippen LogP contribution in [0.25, 0.3) is 0 Å². The third kappa shape index (κ3) is 1.19. The fourth-order valence-corrected chi connectivity index (χ4v) is 2.17. The average Bonchev–Trinajstić information content (AvgIpc) is 2.41. The molecular formula is C10H17NO. The molecular weight excluding hydrogens is 150 g/mol. The van der Waals surface area contributed by atoms with E-state index in [4.69, 9.17) is 4.74 Å². The summed E-state index contributed by atoms with van der Waals surface area (Å²) in [6.07, 6.45) is 2.48. The zero-order valence-corrected chi connectivity index (χ0v) is 7.81. The summed E-state index contributed by atoms with van der Waals surface area (Å²) in [6.45, 7) is 8.22. The first-order valence-electron chi connectivity index (χ1n) is 4.67. The topological polar surface area (TPSA) is 12.5 Å². The predicted octanol–water partition coefficient (Wildman–Crippen LogP) is 1.28. The van der Waals surface area contributed by atoms with Gasteiger partial charge in [0.1, 0.15) is 0 Å². The number of ether oxygens (including phenoxy) is 1. The van der Waals surface area contributed by atoms with Crippen molar-refractivity contribution in [2.45, 2.75) is 12.8 Å². The fourth-order valence-electron chi connectivity index (χ4n) is 2.17. The lowest BCUT2D eigenvalue weighted by atomic mass is 9.75. The zero-order valence-electron chi connectivity index (χ0n) is 7.81. The van der Waals surface area contributed by atoms with E-state index in [1.807, 2.05) is 0 Å². The Bertz CT molecular complexity index is 192. The Morgan fingerprint density at radius 2 is 2.08 bits per heavy atom. The minimum Gasteiger partial charge on any atom is -0.376 e. The van der Waals surface area contributed by atoms with E-state index in [2.05, 4.69) is 18.5 Å². The molecule has 0 saturated carbocycles. The van der Waals surface area contributed by atoms with Gasteiger partial charge in [0.05, 0.1) is 13.2 Å². The monoisotopic (exact) mass is 167 g/mol. The molecule has 0 aliphatic carbocycles. The van der Waals surface area contributed by atoms with Gasteiger partial charge in [-0.15, -0.1) is 0 Å². The molecule has 2 aliphatic rings. The molecule has 0 aromatic heterocycles. The SMILES string of the molecule is C=C1COCC12CCN(C)CC2. The highest BCUT2D eigenvalue weighted by Crippen LogP contribution is 2.41. The molecule has 0 unspecified atom stereocenters. The molecule has 12 heavy (non-hydrogen) atoms. The van der Waals surface area contributed by atoms with Gasteiger partial charge >= 0.3 is 0 Å². The first-order valence-corrected chi connectivity index (χ1v) is 4.67. The van der Waals surface area contributed by atoms with Crippen molar-refractivity contribution in [1.82, 2.24) is 4.90 Å². The maximum absolute atomic E-state index is 5.47. The summed E-state index contributed by atoms with van der Waals surface area (Å²) in [5.74, 6) is 0. The lowest BCUT2D eigenvalue weighted by Gasteiger charge is -2.37. The number of rotatable bonds is 0. The van der Waals surface area contributed by atoms with Crippen LogP contribution in [0.1, 0.15) is 12.8 Å². The average molecular weight is 167 g/mol. The third-order valence-corrected chi connectivity index (χ3v) is 3.35. The molecule has 0 aromatic carbocycles. The Labute approximate surface area is 74.2 Å². The summed E-state index contributed by atoms with van der Waals surface area (Å²) in [4.78, 5) is 2.39. The molecule has 1 spiro atoms. The number of piperidine rings is 1. The largest absolute Gasteiger partial charge is 0.376 e. The summed E-state index contributed by atoms with van der Waals surface area (Å²) in [5, 5.41) is 0. The van der Waals surface area contributed by atoms with Gasteiger partial charge in [-0.3, -0.25) is 0 Å². The molecule has 0 amide bonds. The molecule has 0 radical (unpaired) electrons. The summed E-state index contributed by atoms with van der Waals surface area (Å²) < 4.78 is 5.47. The molecule has 0 N–H and O–H groups in total. The second-order valence-corrected chi connectivity index (χ2v) is 4.18. The molecule has 2 heterocycles. The minimum atomic E-state index is 0.354. The van der Waals surface area contributed by atoms with Crippen molar-refractivity contribution in [3.63, 3.8) is 0 Å². The predicted molar refractivity (Wildman–Crippen MR) is 49.1 cm³/mol. The Hall–Kier alpha value is -0.340. The van der Waals surface area contributed by atoms with Crippen LogP contribution in [0.3, 0.4) is 0 Å². The first-order chi connectivity index (χ1) is 5.73. The van der Waals surface area contributed by atoms with E-state index in [1.54, 1.807) is 0 Å². The fraction of sp³-hybridized carbons (Fsp3) is 0.800. The second-order valence-electron chi connectivity index (χ2n) is 4.18. The standard InChI is InChI=1S/C10H17NO/c1-9-7-12-8-10(9)3-5-11(2)6-4-10/h1,3-8H2,2H3. The van der Waals surface area contributed by atoms with E-state index < -0.39 is 0 Å². The van der Waals surface area contributed by atoms with Crippen LogP contribution in [-0.4, -0.2) is 38.3 Å². The van der Waals surface area contributed by atoms with Gasteiger partial charge in [0.2, 0.25) is 0 Å². The van der Waals surface area contributed by atoms with Crippen LogP contribution in [0.5, 0.6) is 0 Å². The molecule has 2 fully saturated rings. The van der Waals surface area contributed by atoms with Gasteiger partial charge in [0.25, 0.3) is 0 Å². The van der Waals surface area contributed by atoms with Gasteiger partial charge in [0, 0.05) is 5.41 Å². The Morgan fingerprint density at radius 1 is 1.42 bits per heavy atom. The van der Waals surface area contributed by atoms with Gasteiger partial charge in [-0.05, 0) is 38.6 Å². The smallest absolute Gasteiger partial charge is 0.0680 e. The molecule has 2 heteroatoms. The Morgan fingerprint density at radius 3 is 2.58 bits per heavy atom. The normalized spacial score (nSPS) is 29.9. The van der Waals surface area contributed by atoms with Crippen LogP contribution in [-0.2, 0) is 4.74 Å². The van der Waals surface area contributed by atoms with Crippen LogP contribution in [0.2, 0.25) is 0 Å². The molecule has 0 bridgehead atoms. The van der Waals surface area contributed by atoms with E-state index in [9.17, 15) is 0 Å². The lowest BCUT2D eigenvalue weighted by Crippen LogP contribution is -2.39. The second kappa shape index (κ2) is 2.86. The summed E-state index contributed by atoms with van der Waals surface area (Å²) in [6, 6.07) is 0. The van der Waals surface area contributed by atoms with Crippen LogP contribution >= 0.6 is 0 Å². The van der Waals surface area contributed by atoms with Crippen LogP contribution in [0.15, 0.2) is 12.2 Å². The lowest BCUT2D eigenvalue weighted by molar-refractivity contribution is 0.0998. The zero-order chi connectivity index (χ0) is 8.60. The highest BCUT2D eigenvalue weighted by Gasteiger charge is 2.40. The van der Waals surface area contributed by atoms with Crippen molar-refractivity contribution in [2.24, 2.45) is 5.41 Å². The molecule has 2 rings (SSSR count). The van der Waals surface area contributed by atoms with E-state index in [0.717, 1.165) is 13.2 Å². The van der Waals surface area contributed by atoms with Crippen LogP contribution < -0.4 is 0 Å². The van der Waals surface area contributed by atoms with Crippen molar-refractivity contribution in [1.29, 1.82) is 0 Å². The van der Waals surface area contributed by atoms with Gasteiger partial charge in [-0.1, -0.05) is 6.58 Å². The quantitative estimate of drug-likeness (QED) is 0.504. The van der Waals surface area contributed by atoms with Crippen LogP contribution in [0.4, 0.5) is 0 Å². The van der Waals surface area contributed by atoms with Gasteiger partial charge in [-0.25, -0.2) is 0 Å². The van der Waals surface area contributed by atoms with Crippen molar-refractivity contribution in [3.05, 3.63) is 12.2 Å². The van der Waals surface area contributed by atoms with Crippen molar-refractivity contribution < 1.29 is 4.74 Å². The van der Waals surface area contributed by atoms with Crippen molar-refractivity contribution >= 4 is 0 Å². The Kier molecular flexibility index (Phi) is 1.97. The Balaban J connectivity index is 2.07. The molecule has 68 valence electrons. The highest BCUT2D eigenvalue weighted by molar-refractivity contribution is 5.16. The minimum absolute atomic E-state index is 0.354. The first kappa shape index (κ1) is 8.27. The van der Waals surface area contributed by atoms with E-state index in [1.165, 1.54) is 31.5 Å². The van der Waals surface area contributed by atoms with Crippen molar-refractivity contribution in [3.8, 4) is 0 Å². The molecule has 2 nitrogen and oxygen atoms in total. The summed E-state index contributed by atoms with van der Waals surface area (Å²) in [7, 11) is 2.19. The van der Waals surface area contributed by atoms with Crippen LogP contribution in [0, 0.1) is 5.41 Å². The number of nitrogens with zero attached hydrogens (tertiary/aromatic N) is 1. The summed E-state index contributed by atoms with van der Waals surface area (Å²) >= 11 is 0. The highest BCUT2D eigenvalue weighted by atomic mass is 16.5. The van der Waals surface area contributed by atoms with E-state index in [-0.39, 0.29) is 0 Å². The van der Waals surface area contributed by atoms with Gasteiger partial charge in [0.15, 0.2) is 0 Å². The number of hydrogen-bond acceptors (Lipinski definition) is 2. The maximum Gasteiger partial charge on any atom is 0.0680 e. The van der Waals surface area contributed by atoms with Crippen molar-refractivity contribution in [2.75, 3.05) is 33.4 Å².